The second-order valence-electron chi connectivity index (χ2n) is 4.56. The van der Waals surface area contributed by atoms with Crippen molar-refractivity contribution in [2.45, 2.75) is 11.8 Å². The van der Waals surface area contributed by atoms with Crippen LogP contribution in [0.5, 0.6) is 0 Å². The number of alkyl halides is 1. The number of likely N-dealkylation sites (N-methyl/N-ethyl adjacent to an activating group) is 1. The molecule has 1 amide bonds. The Kier molecular flexibility index (Phi) is 3.41. The Morgan fingerprint density at radius 2 is 2.16 bits per heavy atom. The lowest BCUT2D eigenvalue weighted by Gasteiger charge is -2.12. The van der Waals surface area contributed by atoms with E-state index < -0.39 is 0 Å². The standard InChI is InChI=1S/C14H11BrClNOS/c1-17-11-3-2-8(4-9(11)6-13(17)18)14(16)10-5-12(15)19-7-10/h2-5,7,14H,6H2,1H3. The van der Waals surface area contributed by atoms with Crippen molar-refractivity contribution in [3.8, 4) is 0 Å². The molecule has 1 aliphatic heterocycles. The van der Waals surface area contributed by atoms with Gasteiger partial charge >= 0.3 is 0 Å². The van der Waals surface area contributed by atoms with Crippen molar-refractivity contribution in [1.82, 2.24) is 0 Å². The summed E-state index contributed by atoms with van der Waals surface area (Å²) in [6, 6.07) is 8.05. The van der Waals surface area contributed by atoms with Gasteiger partial charge in [0.25, 0.3) is 0 Å². The third-order valence-electron chi connectivity index (χ3n) is 3.35. The van der Waals surface area contributed by atoms with Gasteiger partial charge in [-0.2, -0.15) is 0 Å². The topological polar surface area (TPSA) is 20.3 Å². The molecule has 98 valence electrons. The summed E-state index contributed by atoms with van der Waals surface area (Å²) in [4.78, 5) is 13.4. The van der Waals surface area contributed by atoms with Crippen LogP contribution in [-0.2, 0) is 11.2 Å². The van der Waals surface area contributed by atoms with Crippen LogP contribution < -0.4 is 4.90 Å². The molecule has 2 aromatic rings. The van der Waals surface area contributed by atoms with Gasteiger partial charge < -0.3 is 4.90 Å². The Bertz CT molecular complexity index is 655. The molecule has 2 nitrogen and oxygen atoms in total. The lowest BCUT2D eigenvalue weighted by molar-refractivity contribution is -0.117. The van der Waals surface area contributed by atoms with E-state index in [0.717, 1.165) is 26.2 Å². The molecule has 2 heterocycles. The zero-order chi connectivity index (χ0) is 13.6. The lowest BCUT2D eigenvalue weighted by Crippen LogP contribution is -2.20. The minimum Gasteiger partial charge on any atom is -0.315 e. The highest BCUT2D eigenvalue weighted by molar-refractivity contribution is 9.11. The van der Waals surface area contributed by atoms with Crippen molar-refractivity contribution in [3.63, 3.8) is 0 Å². The summed E-state index contributed by atoms with van der Waals surface area (Å²) >= 11 is 11.6. The molecular weight excluding hydrogens is 346 g/mol. The number of nitrogens with zero attached hydrogens (tertiary/aromatic N) is 1. The van der Waals surface area contributed by atoms with E-state index in [4.69, 9.17) is 11.6 Å². The molecule has 0 N–H and O–H groups in total. The van der Waals surface area contributed by atoms with Crippen LogP contribution in [0.2, 0.25) is 0 Å². The van der Waals surface area contributed by atoms with Gasteiger partial charge in [-0.3, -0.25) is 4.79 Å². The molecule has 0 aliphatic carbocycles. The molecule has 0 saturated carbocycles. The number of hydrogen-bond donors (Lipinski definition) is 0. The highest BCUT2D eigenvalue weighted by Crippen LogP contribution is 2.37. The second kappa shape index (κ2) is 4.93. The first kappa shape index (κ1) is 13.2. The quantitative estimate of drug-likeness (QED) is 0.732. The highest BCUT2D eigenvalue weighted by atomic mass is 79.9. The molecule has 5 heteroatoms. The number of anilines is 1. The number of benzene rings is 1. The predicted octanol–water partition coefficient (Wildman–Crippen LogP) is 4.36. The predicted molar refractivity (Wildman–Crippen MR) is 83.3 cm³/mol. The Hall–Kier alpha value is -0.840. The molecule has 1 aromatic carbocycles. The fraction of sp³-hybridized carbons (Fsp3) is 0.214. The number of rotatable bonds is 2. The van der Waals surface area contributed by atoms with Crippen LogP contribution in [-0.4, -0.2) is 13.0 Å². The summed E-state index contributed by atoms with van der Waals surface area (Å²) in [5.74, 6) is 0.136. The highest BCUT2D eigenvalue weighted by Gasteiger charge is 2.25. The third kappa shape index (κ3) is 2.33. The fourth-order valence-corrected chi connectivity index (χ4v) is 3.83. The molecule has 1 unspecified atom stereocenters. The van der Waals surface area contributed by atoms with E-state index >= 15 is 0 Å². The van der Waals surface area contributed by atoms with Crippen LogP contribution in [0.3, 0.4) is 0 Å². The van der Waals surface area contributed by atoms with Crippen LogP contribution in [0.1, 0.15) is 22.1 Å². The summed E-state index contributed by atoms with van der Waals surface area (Å²) in [5, 5.41) is 1.88. The van der Waals surface area contributed by atoms with Crippen molar-refractivity contribution in [3.05, 3.63) is 50.1 Å². The number of fused-ring (bicyclic) bond motifs is 1. The molecule has 1 aromatic heterocycles. The summed E-state index contributed by atoms with van der Waals surface area (Å²) in [6.45, 7) is 0. The van der Waals surface area contributed by atoms with E-state index in [2.05, 4.69) is 15.9 Å². The van der Waals surface area contributed by atoms with Gasteiger partial charge in [-0.25, -0.2) is 0 Å². The Morgan fingerprint density at radius 3 is 2.84 bits per heavy atom. The van der Waals surface area contributed by atoms with Gasteiger partial charge in [0.15, 0.2) is 0 Å². The van der Waals surface area contributed by atoms with Gasteiger partial charge in [0, 0.05) is 12.7 Å². The number of amides is 1. The molecule has 3 rings (SSSR count). The molecule has 19 heavy (non-hydrogen) atoms. The number of halogens is 2. The minimum absolute atomic E-state index is 0.136. The SMILES string of the molecule is CN1C(=O)Cc2cc(C(Cl)c3csc(Br)c3)ccc21. The van der Waals surface area contributed by atoms with Crippen LogP contribution >= 0.6 is 38.9 Å². The molecule has 0 spiro atoms. The van der Waals surface area contributed by atoms with Crippen LogP contribution in [0.25, 0.3) is 0 Å². The van der Waals surface area contributed by atoms with Crippen molar-refractivity contribution >= 4 is 50.5 Å². The number of carbonyl (C=O) groups excluding carboxylic acids is 1. The monoisotopic (exact) mass is 355 g/mol. The normalized spacial score (nSPS) is 15.7. The average molecular weight is 357 g/mol. The maximum Gasteiger partial charge on any atom is 0.231 e. The fourth-order valence-electron chi connectivity index (χ4n) is 2.30. The van der Waals surface area contributed by atoms with Gasteiger partial charge in [-0.1, -0.05) is 12.1 Å². The van der Waals surface area contributed by atoms with E-state index in [1.54, 1.807) is 16.2 Å². The summed E-state index contributed by atoms with van der Waals surface area (Å²) in [7, 11) is 1.81. The van der Waals surface area contributed by atoms with Crippen LogP contribution in [0.4, 0.5) is 5.69 Å². The molecule has 0 radical (unpaired) electrons. The van der Waals surface area contributed by atoms with Gasteiger partial charge in [-0.05, 0) is 50.1 Å². The number of hydrogen-bond acceptors (Lipinski definition) is 2. The molecule has 1 aliphatic rings. The van der Waals surface area contributed by atoms with Gasteiger partial charge in [0.05, 0.1) is 15.6 Å². The summed E-state index contributed by atoms with van der Waals surface area (Å²) in [5.41, 5.74) is 4.17. The maximum atomic E-state index is 11.7. The number of carbonyl (C=O) groups is 1. The molecule has 0 saturated heterocycles. The third-order valence-corrected chi connectivity index (χ3v) is 5.38. The van der Waals surface area contributed by atoms with E-state index in [-0.39, 0.29) is 11.3 Å². The van der Waals surface area contributed by atoms with Crippen molar-refractivity contribution in [2.75, 3.05) is 11.9 Å². The summed E-state index contributed by atoms with van der Waals surface area (Å²) < 4.78 is 1.07. The lowest BCUT2D eigenvalue weighted by atomic mass is 10.0. The smallest absolute Gasteiger partial charge is 0.231 e. The van der Waals surface area contributed by atoms with E-state index in [0.29, 0.717) is 6.42 Å². The van der Waals surface area contributed by atoms with Crippen molar-refractivity contribution in [1.29, 1.82) is 0 Å². The Labute approximate surface area is 129 Å². The average Bonchev–Trinajstić information content (AvgIpc) is 2.94. The first-order valence-electron chi connectivity index (χ1n) is 5.83. The van der Waals surface area contributed by atoms with E-state index in [1.807, 2.05) is 36.7 Å². The zero-order valence-corrected chi connectivity index (χ0v) is 13.3. The maximum absolute atomic E-state index is 11.7. The zero-order valence-electron chi connectivity index (χ0n) is 10.2. The molecular formula is C14H11BrClNOS. The minimum atomic E-state index is -0.172. The van der Waals surface area contributed by atoms with Crippen LogP contribution in [0.15, 0.2) is 33.4 Å². The largest absolute Gasteiger partial charge is 0.315 e. The Balaban J connectivity index is 1.95. The first-order chi connectivity index (χ1) is 9.06. The second-order valence-corrected chi connectivity index (χ2v) is 7.29. The van der Waals surface area contributed by atoms with Gasteiger partial charge in [-0.15, -0.1) is 22.9 Å². The van der Waals surface area contributed by atoms with Crippen molar-refractivity contribution in [2.24, 2.45) is 0 Å². The first-order valence-corrected chi connectivity index (χ1v) is 7.94. The van der Waals surface area contributed by atoms with Crippen LogP contribution in [0, 0.1) is 0 Å². The van der Waals surface area contributed by atoms with E-state index in [1.165, 1.54) is 0 Å². The van der Waals surface area contributed by atoms with Gasteiger partial charge in [0.2, 0.25) is 5.91 Å². The summed E-state index contributed by atoms with van der Waals surface area (Å²) in [6.07, 6.45) is 0.469. The Morgan fingerprint density at radius 1 is 1.37 bits per heavy atom. The van der Waals surface area contributed by atoms with Gasteiger partial charge in [0.1, 0.15) is 0 Å². The molecule has 1 atom stereocenters. The van der Waals surface area contributed by atoms with Crippen molar-refractivity contribution < 1.29 is 4.79 Å². The van der Waals surface area contributed by atoms with E-state index in [9.17, 15) is 4.79 Å². The number of thiophene rings is 1. The molecule has 0 fully saturated rings. The molecule has 0 bridgehead atoms.